The number of hydrogen-bond donors (Lipinski definition) is 1. The topological polar surface area (TPSA) is 48.3 Å². The summed E-state index contributed by atoms with van der Waals surface area (Å²) < 4.78 is 5.39. The molecule has 0 aromatic heterocycles. The Balaban J connectivity index is 2.52. The zero-order valence-electron chi connectivity index (χ0n) is 12.4. The highest BCUT2D eigenvalue weighted by atomic mass is 16.5. The van der Waals surface area contributed by atoms with Crippen molar-refractivity contribution in [3.63, 3.8) is 0 Å². The first kappa shape index (κ1) is 15.4. The average molecular weight is 253 g/mol. The van der Waals surface area contributed by atoms with Crippen LogP contribution in [0.3, 0.4) is 0 Å². The van der Waals surface area contributed by atoms with Crippen molar-refractivity contribution < 1.29 is 4.74 Å². The zero-order valence-corrected chi connectivity index (χ0v) is 12.4. The molecule has 1 fully saturated rings. The van der Waals surface area contributed by atoms with E-state index in [-0.39, 0.29) is 0 Å². The summed E-state index contributed by atoms with van der Waals surface area (Å²) in [5.74, 6) is 0. The van der Waals surface area contributed by atoms with E-state index in [1.807, 2.05) is 6.92 Å². The van der Waals surface area contributed by atoms with Crippen molar-refractivity contribution >= 4 is 0 Å². The van der Waals surface area contributed by atoms with E-state index in [1.54, 1.807) is 7.11 Å². The molecular weight excluding hydrogens is 226 g/mol. The molecule has 1 aliphatic heterocycles. The van der Waals surface area contributed by atoms with E-state index in [0.717, 1.165) is 25.9 Å². The molecule has 0 spiro atoms. The number of nitrogens with zero attached hydrogens (tertiary/aromatic N) is 2. The van der Waals surface area contributed by atoms with Gasteiger partial charge in [0.15, 0.2) is 0 Å². The third-order valence-electron chi connectivity index (χ3n) is 3.69. The number of ether oxygens (including phenoxy) is 1. The second kappa shape index (κ2) is 6.51. The number of nitrogens with one attached hydrogen (secondary N) is 1. The van der Waals surface area contributed by atoms with E-state index in [4.69, 9.17) is 4.74 Å². The number of rotatable bonds is 6. The van der Waals surface area contributed by atoms with Gasteiger partial charge in [0.1, 0.15) is 5.54 Å². The van der Waals surface area contributed by atoms with Gasteiger partial charge in [-0.2, -0.15) is 5.26 Å². The van der Waals surface area contributed by atoms with E-state index in [1.165, 1.54) is 0 Å². The lowest BCUT2D eigenvalue weighted by atomic mass is 9.93. The Hall–Kier alpha value is -0.630. The number of hydrogen-bond acceptors (Lipinski definition) is 4. The maximum absolute atomic E-state index is 9.37. The molecule has 1 aliphatic rings. The molecule has 3 atom stereocenters. The summed E-state index contributed by atoms with van der Waals surface area (Å²) in [5, 5.41) is 12.7. The third kappa shape index (κ3) is 4.24. The summed E-state index contributed by atoms with van der Waals surface area (Å²) in [5.41, 5.74) is -0.446. The van der Waals surface area contributed by atoms with Crippen molar-refractivity contribution in [2.24, 2.45) is 0 Å². The van der Waals surface area contributed by atoms with E-state index < -0.39 is 5.54 Å². The van der Waals surface area contributed by atoms with E-state index in [9.17, 15) is 5.26 Å². The van der Waals surface area contributed by atoms with Crippen molar-refractivity contribution in [3.05, 3.63) is 0 Å². The van der Waals surface area contributed by atoms with Crippen LogP contribution in [0.5, 0.6) is 0 Å². The van der Waals surface area contributed by atoms with E-state index >= 15 is 0 Å². The fourth-order valence-electron chi connectivity index (χ4n) is 2.84. The highest BCUT2D eigenvalue weighted by Crippen LogP contribution is 2.21. The molecule has 18 heavy (non-hydrogen) atoms. The predicted octanol–water partition coefficient (Wildman–Crippen LogP) is 1.77. The summed E-state index contributed by atoms with van der Waals surface area (Å²) in [6.45, 7) is 10.4. The van der Waals surface area contributed by atoms with Crippen LogP contribution in [0.4, 0.5) is 0 Å². The zero-order chi connectivity index (χ0) is 13.8. The Labute approximate surface area is 111 Å². The van der Waals surface area contributed by atoms with Gasteiger partial charge in [-0.15, -0.1) is 0 Å². The van der Waals surface area contributed by atoms with Gasteiger partial charge in [0.2, 0.25) is 0 Å². The van der Waals surface area contributed by atoms with Crippen LogP contribution < -0.4 is 5.32 Å². The van der Waals surface area contributed by atoms with E-state index in [0.29, 0.717) is 18.2 Å². The fourth-order valence-corrected chi connectivity index (χ4v) is 2.84. The monoisotopic (exact) mass is 253 g/mol. The predicted molar refractivity (Wildman–Crippen MR) is 73.4 cm³/mol. The molecule has 4 heteroatoms. The summed E-state index contributed by atoms with van der Waals surface area (Å²) in [7, 11) is 1.78. The maximum Gasteiger partial charge on any atom is 0.105 e. The molecular formula is C14H27N3O. The lowest BCUT2D eigenvalue weighted by molar-refractivity contribution is 0.0989. The van der Waals surface area contributed by atoms with Crippen LogP contribution in [0, 0.1) is 11.3 Å². The van der Waals surface area contributed by atoms with Crippen LogP contribution in [-0.4, -0.2) is 48.8 Å². The van der Waals surface area contributed by atoms with Crippen LogP contribution in [0.15, 0.2) is 0 Å². The van der Waals surface area contributed by atoms with Crippen LogP contribution in [-0.2, 0) is 4.74 Å². The quantitative estimate of drug-likeness (QED) is 0.783. The second-order valence-electron chi connectivity index (χ2n) is 5.94. The van der Waals surface area contributed by atoms with Crippen LogP contribution >= 0.6 is 0 Å². The summed E-state index contributed by atoms with van der Waals surface area (Å²) >= 11 is 0. The molecule has 0 aromatic rings. The Morgan fingerprint density at radius 2 is 2.17 bits per heavy atom. The summed E-state index contributed by atoms with van der Waals surface area (Å²) in [4.78, 5) is 2.42. The van der Waals surface area contributed by atoms with Crippen LogP contribution in [0.25, 0.3) is 0 Å². The number of methoxy groups -OCH3 is 1. The molecule has 104 valence electrons. The first-order valence-electron chi connectivity index (χ1n) is 6.86. The van der Waals surface area contributed by atoms with Crippen LogP contribution in [0.1, 0.15) is 40.5 Å². The van der Waals surface area contributed by atoms with Gasteiger partial charge in [0.05, 0.1) is 12.2 Å². The van der Waals surface area contributed by atoms with Crippen LogP contribution in [0.2, 0.25) is 0 Å². The standard InChI is InChI=1S/C14H27N3O/c1-11(2)16-14(4,10-15)8-12(3)17-7-6-13(9-17)18-5/h11-13,16H,6-9H2,1-5H3. The average Bonchev–Trinajstić information content (AvgIpc) is 2.76. The Bertz CT molecular complexity index is 300. The Kier molecular flexibility index (Phi) is 5.58. The second-order valence-corrected chi connectivity index (χ2v) is 5.94. The fraction of sp³-hybridized carbons (Fsp3) is 0.929. The molecule has 0 aliphatic carbocycles. The van der Waals surface area contributed by atoms with Crippen molar-refractivity contribution in [1.82, 2.24) is 10.2 Å². The van der Waals surface area contributed by atoms with E-state index in [2.05, 4.69) is 37.1 Å². The number of nitriles is 1. The SMILES string of the molecule is COC1CCN(C(C)CC(C)(C#N)NC(C)C)C1. The van der Waals surface area contributed by atoms with Gasteiger partial charge in [-0.25, -0.2) is 0 Å². The Morgan fingerprint density at radius 1 is 1.50 bits per heavy atom. The molecule has 0 radical (unpaired) electrons. The van der Waals surface area contributed by atoms with Crippen molar-refractivity contribution in [3.8, 4) is 6.07 Å². The van der Waals surface area contributed by atoms with Gasteiger partial charge in [-0.3, -0.25) is 10.2 Å². The minimum atomic E-state index is -0.446. The van der Waals surface area contributed by atoms with Crippen molar-refractivity contribution in [2.75, 3.05) is 20.2 Å². The number of likely N-dealkylation sites (tertiary alicyclic amines) is 1. The molecule has 4 nitrogen and oxygen atoms in total. The smallest absolute Gasteiger partial charge is 0.105 e. The molecule has 1 N–H and O–H groups in total. The maximum atomic E-state index is 9.37. The molecule has 0 amide bonds. The van der Waals surface area contributed by atoms with Crippen molar-refractivity contribution in [2.45, 2.75) is 64.3 Å². The highest BCUT2D eigenvalue weighted by molar-refractivity contribution is 5.06. The van der Waals surface area contributed by atoms with Gasteiger partial charge >= 0.3 is 0 Å². The Morgan fingerprint density at radius 3 is 2.61 bits per heavy atom. The highest BCUT2D eigenvalue weighted by Gasteiger charge is 2.32. The minimum absolute atomic E-state index is 0.326. The molecule has 1 saturated heterocycles. The van der Waals surface area contributed by atoms with Gasteiger partial charge < -0.3 is 4.74 Å². The minimum Gasteiger partial charge on any atom is -0.380 e. The largest absolute Gasteiger partial charge is 0.380 e. The van der Waals surface area contributed by atoms with Gasteiger partial charge in [-0.1, -0.05) is 0 Å². The molecule has 0 aromatic carbocycles. The first-order chi connectivity index (χ1) is 8.40. The summed E-state index contributed by atoms with van der Waals surface area (Å²) in [6, 6.07) is 3.15. The molecule has 0 saturated carbocycles. The summed E-state index contributed by atoms with van der Waals surface area (Å²) in [6.07, 6.45) is 2.30. The third-order valence-corrected chi connectivity index (χ3v) is 3.69. The molecule has 0 bridgehead atoms. The normalized spacial score (nSPS) is 25.9. The lowest BCUT2D eigenvalue weighted by Gasteiger charge is -2.33. The van der Waals surface area contributed by atoms with Gasteiger partial charge in [0, 0.05) is 32.3 Å². The van der Waals surface area contributed by atoms with Gasteiger partial charge in [-0.05, 0) is 40.5 Å². The molecule has 1 rings (SSSR count). The first-order valence-corrected chi connectivity index (χ1v) is 6.86. The lowest BCUT2D eigenvalue weighted by Crippen LogP contribution is -2.49. The molecule has 1 heterocycles. The van der Waals surface area contributed by atoms with Gasteiger partial charge in [0.25, 0.3) is 0 Å². The van der Waals surface area contributed by atoms with Crippen molar-refractivity contribution in [1.29, 1.82) is 5.26 Å². The molecule has 3 unspecified atom stereocenters.